The number of benzene rings is 1. The molecule has 0 unspecified atom stereocenters. The van der Waals surface area contributed by atoms with Gasteiger partial charge in [0.15, 0.2) is 0 Å². The summed E-state index contributed by atoms with van der Waals surface area (Å²) in [4.78, 5) is 11.8. The first kappa shape index (κ1) is 14.8. The van der Waals surface area contributed by atoms with Crippen LogP contribution in [0.2, 0.25) is 10.0 Å². The molecule has 1 amide bonds. The SMILES string of the molecule is NCCc1cn(CC(=O)Nc2ccc(Cl)c(Cl)c2)nn1. The minimum atomic E-state index is -0.229. The van der Waals surface area contributed by atoms with E-state index in [2.05, 4.69) is 15.6 Å². The van der Waals surface area contributed by atoms with Gasteiger partial charge < -0.3 is 11.1 Å². The average molecular weight is 314 g/mol. The van der Waals surface area contributed by atoms with Crippen molar-refractivity contribution >= 4 is 34.8 Å². The number of carbonyl (C=O) groups is 1. The number of nitrogens with two attached hydrogens (primary N) is 1. The Bertz CT molecular complexity index is 614. The van der Waals surface area contributed by atoms with Gasteiger partial charge >= 0.3 is 0 Å². The van der Waals surface area contributed by atoms with Crippen molar-refractivity contribution in [2.24, 2.45) is 5.73 Å². The van der Waals surface area contributed by atoms with Gasteiger partial charge in [0.1, 0.15) is 6.54 Å². The molecule has 8 heteroatoms. The van der Waals surface area contributed by atoms with Gasteiger partial charge in [-0.1, -0.05) is 28.4 Å². The summed E-state index contributed by atoms with van der Waals surface area (Å²) in [6.45, 7) is 0.561. The first-order valence-corrected chi connectivity index (χ1v) is 6.68. The molecule has 0 bridgehead atoms. The van der Waals surface area contributed by atoms with Gasteiger partial charge in [-0.3, -0.25) is 4.79 Å². The first-order valence-electron chi connectivity index (χ1n) is 5.92. The molecule has 0 spiro atoms. The van der Waals surface area contributed by atoms with Crippen LogP contribution in [0, 0.1) is 0 Å². The molecule has 0 aliphatic rings. The zero-order valence-electron chi connectivity index (χ0n) is 10.5. The van der Waals surface area contributed by atoms with Crippen LogP contribution < -0.4 is 11.1 Å². The van der Waals surface area contributed by atoms with Gasteiger partial charge in [0.25, 0.3) is 0 Å². The van der Waals surface area contributed by atoms with E-state index in [1.165, 1.54) is 4.68 Å². The first-order chi connectivity index (χ1) is 9.58. The monoisotopic (exact) mass is 313 g/mol. The van der Waals surface area contributed by atoms with Crippen LogP contribution in [0.3, 0.4) is 0 Å². The van der Waals surface area contributed by atoms with Gasteiger partial charge in [0, 0.05) is 18.3 Å². The van der Waals surface area contributed by atoms with Gasteiger partial charge in [-0.15, -0.1) is 5.10 Å². The van der Waals surface area contributed by atoms with E-state index in [9.17, 15) is 4.79 Å². The highest BCUT2D eigenvalue weighted by atomic mass is 35.5. The molecular formula is C12H13Cl2N5O. The number of nitrogens with one attached hydrogen (secondary N) is 1. The molecule has 1 aromatic heterocycles. The Morgan fingerprint density at radius 3 is 2.85 bits per heavy atom. The molecule has 2 aromatic rings. The smallest absolute Gasteiger partial charge is 0.246 e. The number of anilines is 1. The fraction of sp³-hybridized carbons (Fsp3) is 0.250. The van der Waals surface area contributed by atoms with E-state index in [1.807, 2.05) is 0 Å². The highest BCUT2D eigenvalue weighted by Crippen LogP contribution is 2.24. The van der Waals surface area contributed by atoms with Crippen LogP contribution in [-0.2, 0) is 17.8 Å². The van der Waals surface area contributed by atoms with Gasteiger partial charge in [0.2, 0.25) is 5.91 Å². The van der Waals surface area contributed by atoms with E-state index in [0.29, 0.717) is 28.7 Å². The Hall–Kier alpha value is -1.63. The standard InChI is InChI=1S/C12H13Cl2N5O/c13-10-2-1-8(5-11(10)14)16-12(20)7-19-6-9(3-4-15)17-18-19/h1-2,5-6H,3-4,7,15H2,(H,16,20). The van der Waals surface area contributed by atoms with E-state index in [0.717, 1.165) is 5.69 Å². The topological polar surface area (TPSA) is 85.8 Å². The predicted molar refractivity (Wildman–Crippen MR) is 77.9 cm³/mol. The van der Waals surface area contributed by atoms with E-state index in [4.69, 9.17) is 28.9 Å². The molecule has 2 rings (SSSR count). The zero-order valence-corrected chi connectivity index (χ0v) is 12.0. The largest absolute Gasteiger partial charge is 0.330 e. The van der Waals surface area contributed by atoms with E-state index >= 15 is 0 Å². The van der Waals surface area contributed by atoms with Crippen molar-refractivity contribution in [3.05, 3.63) is 40.1 Å². The fourth-order valence-corrected chi connectivity index (χ4v) is 1.90. The summed E-state index contributed by atoms with van der Waals surface area (Å²) in [7, 11) is 0. The van der Waals surface area contributed by atoms with E-state index in [-0.39, 0.29) is 12.5 Å². The highest BCUT2D eigenvalue weighted by molar-refractivity contribution is 6.42. The molecule has 0 fully saturated rings. The number of hydrogen-bond acceptors (Lipinski definition) is 4. The Morgan fingerprint density at radius 2 is 2.15 bits per heavy atom. The minimum Gasteiger partial charge on any atom is -0.330 e. The quantitative estimate of drug-likeness (QED) is 0.880. The maximum atomic E-state index is 11.8. The summed E-state index contributed by atoms with van der Waals surface area (Å²) in [5.41, 5.74) is 6.75. The molecule has 3 N–H and O–H groups in total. The number of halogens is 2. The second kappa shape index (κ2) is 6.69. The van der Waals surface area contributed by atoms with Crippen LogP contribution in [0.25, 0.3) is 0 Å². The summed E-state index contributed by atoms with van der Waals surface area (Å²) < 4.78 is 1.46. The van der Waals surface area contributed by atoms with Crippen LogP contribution in [-0.4, -0.2) is 27.4 Å². The summed E-state index contributed by atoms with van der Waals surface area (Å²) >= 11 is 11.7. The molecule has 0 atom stereocenters. The van der Waals surface area contributed by atoms with Gasteiger partial charge in [-0.05, 0) is 24.7 Å². The van der Waals surface area contributed by atoms with Crippen molar-refractivity contribution in [3.8, 4) is 0 Å². The number of hydrogen-bond donors (Lipinski definition) is 2. The zero-order chi connectivity index (χ0) is 14.5. The van der Waals surface area contributed by atoms with Crippen molar-refractivity contribution in [1.82, 2.24) is 15.0 Å². The Kier molecular flexibility index (Phi) is 4.94. The maximum absolute atomic E-state index is 11.8. The summed E-state index contributed by atoms with van der Waals surface area (Å²) in [6, 6.07) is 4.88. The van der Waals surface area contributed by atoms with Crippen LogP contribution in [0.5, 0.6) is 0 Å². The molecule has 0 radical (unpaired) electrons. The Labute approximate surface area is 125 Å². The number of carbonyl (C=O) groups excluding carboxylic acids is 1. The molecule has 106 valence electrons. The Morgan fingerprint density at radius 1 is 1.35 bits per heavy atom. The molecule has 20 heavy (non-hydrogen) atoms. The van der Waals surface area contributed by atoms with Crippen molar-refractivity contribution in [1.29, 1.82) is 0 Å². The highest BCUT2D eigenvalue weighted by Gasteiger charge is 2.07. The predicted octanol–water partition coefficient (Wildman–Crippen LogP) is 1.72. The van der Waals surface area contributed by atoms with E-state index < -0.39 is 0 Å². The lowest BCUT2D eigenvalue weighted by molar-refractivity contribution is -0.116. The maximum Gasteiger partial charge on any atom is 0.246 e. The third-order valence-electron chi connectivity index (χ3n) is 2.50. The van der Waals surface area contributed by atoms with Crippen LogP contribution in [0.4, 0.5) is 5.69 Å². The molecule has 6 nitrogen and oxygen atoms in total. The Balaban J connectivity index is 1.95. The number of nitrogens with zero attached hydrogens (tertiary/aromatic N) is 3. The number of aromatic nitrogens is 3. The summed E-state index contributed by atoms with van der Waals surface area (Å²) in [6.07, 6.45) is 2.33. The fourth-order valence-electron chi connectivity index (χ4n) is 1.60. The van der Waals surface area contributed by atoms with Gasteiger partial charge in [0.05, 0.1) is 15.7 Å². The van der Waals surface area contributed by atoms with Crippen molar-refractivity contribution < 1.29 is 4.79 Å². The lowest BCUT2D eigenvalue weighted by Crippen LogP contribution is -2.19. The second-order valence-electron chi connectivity index (χ2n) is 4.12. The summed E-state index contributed by atoms with van der Waals surface area (Å²) in [5.74, 6) is -0.229. The lowest BCUT2D eigenvalue weighted by atomic mass is 10.3. The van der Waals surface area contributed by atoms with Crippen LogP contribution in [0.15, 0.2) is 24.4 Å². The average Bonchev–Trinajstić information content (AvgIpc) is 2.81. The molecule has 1 aromatic carbocycles. The number of amides is 1. The molecule has 0 saturated carbocycles. The van der Waals surface area contributed by atoms with Crippen molar-refractivity contribution in [3.63, 3.8) is 0 Å². The van der Waals surface area contributed by atoms with Crippen molar-refractivity contribution in [2.75, 3.05) is 11.9 Å². The molecule has 1 heterocycles. The minimum absolute atomic E-state index is 0.0673. The van der Waals surface area contributed by atoms with Crippen LogP contribution >= 0.6 is 23.2 Å². The van der Waals surface area contributed by atoms with Gasteiger partial charge in [-0.2, -0.15) is 0 Å². The third-order valence-corrected chi connectivity index (χ3v) is 3.23. The number of rotatable bonds is 5. The molecular weight excluding hydrogens is 301 g/mol. The molecule has 0 aliphatic heterocycles. The third kappa shape index (κ3) is 3.93. The van der Waals surface area contributed by atoms with E-state index in [1.54, 1.807) is 24.4 Å². The van der Waals surface area contributed by atoms with Gasteiger partial charge in [-0.25, -0.2) is 4.68 Å². The molecule has 0 saturated heterocycles. The van der Waals surface area contributed by atoms with Crippen LogP contribution in [0.1, 0.15) is 5.69 Å². The van der Waals surface area contributed by atoms with Crippen molar-refractivity contribution in [2.45, 2.75) is 13.0 Å². The normalized spacial score (nSPS) is 10.6. The molecule has 0 aliphatic carbocycles. The summed E-state index contributed by atoms with van der Waals surface area (Å²) in [5, 5.41) is 11.3. The second-order valence-corrected chi connectivity index (χ2v) is 4.94. The lowest BCUT2D eigenvalue weighted by Gasteiger charge is -2.06.